The summed E-state index contributed by atoms with van der Waals surface area (Å²) in [5.41, 5.74) is 5.08. The molecule has 13 heteroatoms. The van der Waals surface area contributed by atoms with Crippen molar-refractivity contribution in [3.8, 4) is 5.75 Å². The van der Waals surface area contributed by atoms with Crippen molar-refractivity contribution in [3.63, 3.8) is 0 Å². The number of halogens is 2. The van der Waals surface area contributed by atoms with Crippen molar-refractivity contribution in [2.45, 2.75) is 45.1 Å². The maximum atomic E-state index is 12.0. The van der Waals surface area contributed by atoms with Crippen molar-refractivity contribution in [2.75, 3.05) is 25.8 Å². The minimum Gasteiger partial charge on any atom is -0.462 e. The van der Waals surface area contributed by atoms with Crippen LogP contribution in [-0.4, -0.2) is 47.8 Å². The lowest BCUT2D eigenvalue weighted by molar-refractivity contribution is -0.145. The highest BCUT2D eigenvalue weighted by atomic mass is 31.2. The number of aromatic nitrogens is 2. The number of nitrogens with zero attached hydrogens (tertiary/aromatic N) is 2. The van der Waals surface area contributed by atoms with Crippen molar-refractivity contribution in [2.24, 2.45) is 0 Å². The van der Waals surface area contributed by atoms with Gasteiger partial charge in [0.1, 0.15) is 24.3 Å². The molecule has 0 bridgehead atoms. The summed E-state index contributed by atoms with van der Waals surface area (Å²) in [6.45, 7) is 2.01. The Kier molecular flexibility index (Phi) is 11.8. The van der Waals surface area contributed by atoms with Gasteiger partial charge in [0.2, 0.25) is 6.93 Å². The lowest BCUT2D eigenvalue weighted by atomic mass is 10.2. The zero-order chi connectivity index (χ0) is 24.9. The normalized spacial score (nSPS) is 18.1. The number of nitrogens with two attached hydrogens (primary N) is 1. The first-order valence-electron chi connectivity index (χ1n) is 10.5. The number of nitrogens with one attached hydrogen (secondary N) is 1. The Bertz CT molecular complexity index is 937. The number of carbonyl (C=O) groups excluding carboxylic acids is 1. The maximum absolute atomic E-state index is 12.0. The van der Waals surface area contributed by atoms with E-state index in [-0.39, 0.29) is 31.2 Å². The Balaban J connectivity index is 0.00000129. The van der Waals surface area contributed by atoms with Crippen LogP contribution < -0.4 is 21.0 Å². The SMILES string of the molecule is CC(C)OC(=O)CNP(OCC1CCC(n2ccc(N)nc2=O)O1)Oc1ccccc1.FCF. The summed E-state index contributed by atoms with van der Waals surface area (Å²) in [6.07, 6.45) is 2.06. The summed E-state index contributed by atoms with van der Waals surface area (Å²) in [4.78, 5) is 27.6. The highest BCUT2D eigenvalue weighted by Crippen LogP contribution is 2.37. The second kappa shape index (κ2) is 14.6. The van der Waals surface area contributed by atoms with E-state index in [1.165, 1.54) is 4.57 Å². The third-order valence-electron chi connectivity index (χ3n) is 4.28. The third kappa shape index (κ3) is 9.68. The maximum Gasteiger partial charge on any atom is 0.351 e. The number of alkyl halides is 2. The van der Waals surface area contributed by atoms with E-state index in [9.17, 15) is 18.4 Å². The van der Waals surface area contributed by atoms with Gasteiger partial charge >= 0.3 is 20.2 Å². The Hall–Kier alpha value is -2.66. The molecule has 0 aliphatic carbocycles. The van der Waals surface area contributed by atoms with Crippen LogP contribution in [0.4, 0.5) is 14.6 Å². The van der Waals surface area contributed by atoms with Crippen molar-refractivity contribution in [1.29, 1.82) is 0 Å². The molecule has 2 heterocycles. The van der Waals surface area contributed by atoms with Gasteiger partial charge in [-0.1, -0.05) is 18.2 Å². The van der Waals surface area contributed by atoms with Gasteiger partial charge in [-0.25, -0.2) is 18.7 Å². The number of hydrogen-bond acceptors (Lipinski definition) is 9. The molecule has 188 valence electrons. The van der Waals surface area contributed by atoms with Crippen molar-refractivity contribution < 1.29 is 32.1 Å². The van der Waals surface area contributed by atoms with E-state index in [4.69, 9.17) is 24.3 Å². The summed E-state index contributed by atoms with van der Waals surface area (Å²) in [5.74, 6) is 0.392. The van der Waals surface area contributed by atoms with Gasteiger partial charge in [-0.2, -0.15) is 4.98 Å². The zero-order valence-corrected chi connectivity index (χ0v) is 19.8. The number of rotatable bonds is 10. The van der Waals surface area contributed by atoms with Crippen LogP contribution in [0.3, 0.4) is 0 Å². The van der Waals surface area contributed by atoms with E-state index in [1.807, 2.05) is 18.2 Å². The molecule has 0 amide bonds. The van der Waals surface area contributed by atoms with Crippen LogP contribution in [0.15, 0.2) is 47.4 Å². The lowest BCUT2D eigenvalue weighted by Crippen LogP contribution is -2.28. The van der Waals surface area contributed by atoms with Crippen LogP contribution in [-0.2, 0) is 18.8 Å². The average molecular weight is 502 g/mol. The van der Waals surface area contributed by atoms with E-state index in [2.05, 4.69) is 10.1 Å². The molecule has 3 unspecified atom stereocenters. The lowest BCUT2D eigenvalue weighted by Gasteiger charge is -2.21. The number of ether oxygens (including phenoxy) is 2. The molecule has 1 saturated heterocycles. The predicted octanol–water partition coefficient (Wildman–Crippen LogP) is 3.25. The van der Waals surface area contributed by atoms with Gasteiger partial charge in [0, 0.05) is 6.20 Å². The number of anilines is 1. The minimum atomic E-state index is -1.75. The summed E-state index contributed by atoms with van der Waals surface area (Å²) in [7, 11) is -1.62. The standard InChI is InChI=1S/C20H27N4O6P.CH2F2/c1-14(2)28-19(25)12-22-31(30-15-6-4-3-5-7-15)27-13-16-8-9-18(29-16)24-11-10-17(21)23-20(24)26;2-1-3/h3-7,10-11,14,16,18,22H,8-9,12-13H2,1-2H3,(H2,21,23,26);1H2. The number of benzene rings is 1. The first-order valence-corrected chi connectivity index (χ1v) is 11.7. The van der Waals surface area contributed by atoms with Gasteiger partial charge in [-0.05, 0) is 44.9 Å². The average Bonchev–Trinajstić information content (AvgIpc) is 3.25. The van der Waals surface area contributed by atoms with Gasteiger partial charge < -0.3 is 24.3 Å². The number of hydrogen-bond donors (Lipinski definition) is 2. The topological polar surface area (TPSA) is 127 Å². The quantitative estimate of drug-likeness (QED) is 0.372. The summed E-state index contributed by atoms with van der Waals surface area (Å²) in [6, 6.07) is 10.7. The highest BCUT2D eigenvalue weighted by molar-refractivity contribution is 7.45. The molecule has 1 aliphatic rings. The fourth-order valence-corrected chi connectivity index (χ4v) is 4.01. The first kappa shape index (κ1) is 27.6. The second-order valence-electron chi connectivity index (χ2n) is 7.26. The van der Waals surface area contributed by atoms with Crippen LogP contribution in [0.1, 0.15) is 32.9 Å². The Morgan fingerprint density at radius 1 is 1.29 bits per heavy atom. The number of nitrogen functional groups attached to an aromatic ring is 1. The molecule has 1 aromatic carbocycles. The van der Waals surface area contributed by atoms with Gasteiger partial charge in [0.05, 0.1) is 18.8 Å². The fraction of sp³-hybridized carbons (Fsp3) is 0.476. The molecular formula is C21H29F2N4O6P. The molecule has 3 atom stereocenters. The van der Waals surface area contributed by atoms with E-state index < -0.39 is 33.3 Å². The number of para-hydroxylation sites is 1. The monoisotopic (exact) mass is 502 g/mol. The molecule has 10 nitrogen and oxygen atoms in total. The Morgan fingerprint density at radius 2 is 2.00 bits per heavy atom. The van der Waals surface area contributed by atoms with Crippen molar-refractivity contribution >= 4 is 20.3 Å². The smallest absolute Gasteiger partial charge is 0.351 e. The molecule has 0 spiro atoms. The zero-order valence-electron chi connectivity index (χ0n) is 18.9. The molecule has 0 radical (unpaired) electrons. The van der Waals surface area contributed by atoms with E-state index in [0.29, 0.717) is 18.6 Å². The minimum absolute atomic E-state index is 0.0443. The molecule has 3 rings (SSSR count). The summed E-state index contributed by atoms with van der Waals surface area (Å²) in [5, 5.41) is 2.97. The van der Waals surface area contributed by atoms with Crippen LogP contribution in [0.2, 0.25) is 0 Å². The summed E-state index contributed by atoms with van der Waals surface area (Å²) >= 11 is 0. The van der Waals surface area contributed by atoms with E-state index in [0.717, 1.165) is 0 Å². The highest BCUT2D eigenvalue weighted by Gasteiger charge is 2.29. The number of carbonyl (C=O) groups is 1. The van der Waals surface area contributed by atoms with Crippen molar-refractivity contribution in [1.82, 2.24) is 14.6 Å². The van der Waals surface area contributed by atoms with Gasteiger partial charge in [-0.15, -0.1) is 0 Å². The van der Waals surface area contributed by atoms with Crippen LogP contribution in [0.5, 0.6) is 5.75 Å². The molecule has 34 heavy (non-hydrogen) atoms. The summed E-state index contributed by atoms with van der Waals surface area (Å²) < 4.78 is 43.5. The second-order valence-corrected chi connectivity index (χ2v) is 8.54. The third-order valence-corrected chi connectivity index (χ3v) is 5.45. The Morgan fingerprint density at radius 3 is 2.65 bits per heavy atom. The fourth-order valence-electron chi connectivity index (χ4n) is 2.92. The van der Waals surface area contributed by atoms with E-state index in [1.54, 1.807) is 38.2 Å². The molecule has 3 N–H and O–H groups in total. The van der Waals surface area contributed by atoms with Gasteiger partial charge in [0.25, 0.3) is 0 Å². The molecule has 2 aromatic rings. The van der Waals surface area contributed by atoms with E-state index >= 15 is 0 Å². The predicted molar refractivity (Wildman–Crippen MR) is 122 cm³/mol. The van der Waals surface area contributed by atoms with Crippen molar-refractivity contribution in [3.05, 3.63) is 53.1 Å². The van der Waals surface area contributed by atoms with Crippen LogP contribution >= 0.6 is 8.53 Å². The largest absolute Gasteiger partial charge is 0.462 e. The molecule has 1 fully saturated rings. The first-order chi connectivity index (χ1) is 16.3. The van der Waals surface area contributed by atoms with Gasteiger partial charge in [-0.3, -0.25) is 9.36 Å². The van der Waals surface area contributed by atoms with Crippen LogP contribution in [0.25, 0.3) is 0 Å². The van der Waals surface area contributed by atoms with Gasteiger partial charge in [0.15, 0.2) is 0 Å². The Labute approximate surface area is 197 Å². The molecule has 0 saturated carbocycles. The molecular weight excluding hydrogens is 473 g/mol. The van der Waals surface area contributed by atoms with Crippen LogP contribution in [0, 0.1) is 0 Å². The molecule has 1 aromatic heterocycles. The molecule has 1 aliphatic heterocycles. The number of esters is 1.